The third kappa shape index (κ3) is 3.93. The van der Waals surface area contributed by atoms with E-state index in [9.17, 15) is 9.59 Å². The van der Waals surface area contributed by atoms with E-state index in [0.29, 0.717) is 18.9 Å². The Morgan fingerprint density at radius 3 is 2.67 bits per heavy atom. The first-order valence-electron chi connectivity index (χ1n) is 8.00. The summed E-state index contributed by atoms with van der Waals surface area (Å²) in [5.74, 6) is 0.370. The second-order valence-electron chi connectivity index (χ2n) is 6.99. The van der Waals surface area contributed by atoms with E-state index < -0.39 is 5.60 Å². The van der Waals surface area contributed by atoms with E-state index in [2.05, 4.69) is 11.6 Å². The minimum atomic E-state index is -0.528. The van der Waals surface area contributed by atoms with Gasteiger partial charge in [0.15, 0.2) is 0 Å². The van der Waals surface area contributed by atoms with Gasteiger partial charge in [0, 0.05) is 13.6 Å². The molecule has 0 aliphatic carbocycles. The molecule has 6 heteroatoms. The maximum Gasteiger partial charge on any atom is 0.410 e. The lowest BCUT2D eigenvalue weighted by atomic mass is 10.0. The summed E-state index contributed by atoms with van der Waals surface area (Å²) in [4.78, 5) is 31.8. The van der Waals surface area contributed by atoms with E-state index in [1.54, 1.807) is 11.9 Å². The molecule has 0 saturated carbocycles. The predicted octanol–water partition coefficient (Wildman–Crippen LogP) is 2.83. The molecule has 130 valence electrons. The number of pyridine rings is 1. The number of amides is 2. The highest BCUT2D eigenvalue weighted by Crippen LogP contribution is 2.25. The predicted molar refractivity (Wildman–Crippen MR) is 92.9 cm³/mol. The third-order valence-electron chi connectivity index (χ3n) is 3.82. The van der Waals surface area contributed by atoms with Crippen LogP contribution in [0, 0.1) is 6.92 Å². The summed E-state index contributed by atoms with van der Waals surface area (Å²) in [5, 5.41) is 0. The number of rotatable bonds is 2. The Morgan fingerprint density at radius 1 is 1.42 bits per heavy atom. The SMILES string of the molecule is C=CC(=O)N(C)c1nc2c(cc1C)CCN(C(=O)OC(C)(C)C)C2. The number of likely N-dealkylation sites (N-methyl/N-ethyl adjacent to an activating group) is 1. The average Bonchev–Trinajstić information content (AvgIpc) is 2.50. The van der Waals surface area contributed by atoms with E-state index in [1.165, 1.54) is 11.0 Å². The number of nitrogens with zero attached hydrogens (tertiary/aromatic N) is 3. The lowest BCUT2D eigenvalue weighted by Gasteiger charge is -2.31. The highest BCUT2D eigenvalue weighted by atomic mass is 16.6. The zero-order chi connectivity index (χ0) is 18.1. The summed E-state index contributed by atoms with van der Waals surface area (Å²) in [5.41, 5.74) is 2.31. The van der Waals surface area contributed by atoms with Crippen LogP contribution in [0.3, 0.4) is 0 Å². The summed E-state index contributed by atoms with van der Waals surface area (Å²) in [6.07, 6.45) is 1.64. The van der Waals surface area contributed by atoms with Gasteiger partial charge in [-0.05, 0) is 51.3 Å². The molecule has 0 fully saturated rings. The molecule has 0 radical (unpaired) electrons. The molecule has 0 unspecified atom stereocenters. The molecule has 6 nitrogen and oxygen atoms in total. The summed E-state index contributed by atoms with van der Waals surface area (Å²) in [6, 6.07) is 2.04. The Kier molecular flexibility index (Phi) is 4.96. The van der Waals surface area contributed by atoms with Crippen molar-refractivity contribution in [1.29, 1.82) is 0 Å². The fraction of sp³-hybridized carbons (Fsp3) is 0.500. The largest absolute Gasteiger partial charge is 0.444 e. The third-order valence-corrected chi connectivity index (χ3v) is 3.82. The molecular weight excluding hydrogens is 306 g/mol. The van der Waals surface area contributed by atoms with E-state index in [-0.39, 0.29) is 12.0 Å². The van der Waals surface area contributed by atoms with Gasteiger partial charge in [0.05, 0.1) is 12.2 Å². The van der Waals surface area contributed by atoms with Gasteiger partial charge >= 0.3 is 6.09 Å². The van der Waals surface area contributed by atoms with Crippen LogP contribution in [0.4, 0.5) is 10.6 Å². The summed E-state index contributed by atoms with van der Waals surface area (Å²) < 4.78 is 5.43. The Hall–Kier alpha value is -2.37. The first-order valence-corrected chi connectivity index (χ1v) is 8.00. The Bertz CT molecular complexity index is 677. The molecule has 0 N–H and O–H groups in total. The number of ether oxygens (including phenoxy) is 1. The quantitative estimate of drug-likeness (QED) is 0.782. The Balaban J connectivity index is 2.25. The molecule has 0 atom stereocenters. The number of hydrogen-bond acceptors (Lipinski definition) is 4. The first-order chi connectivity index (χ1) is 11.1. The van der Waals surface area contributed by atoms with E-state index >= 15 is 0 Å². The molecule has 2 rings (SSSR count). The standard InChI is InChI=1S/C18H25N3O3/c1-7-15(22)20(6)16-12(2)10-13-8-9-21(11-14(13)19-16)17(23)24-18(3,4)5/h7,10H,1,8-9,11H2,2-6H3. The van der Waals surface area contributed by atoms with Crippen molar-refractivity contribution < 1.29 is 14.3 Å². The van der Waals surface area contributed by atoms with Crippen LogP contribution >= 0.6 is 0 Å². The maximum atomic E-state index is 12.3. The number of carbonyl (C=O) groups excluding carboxylic acids is 2. The van der Waals surface area contributed by atoms with Gasteiger partial charge in [-0.25, -0.2) is 9.78 Å². The van der Waals surface area contributed by atoms with Crippen LogP contribution in [0.1, 0.15) is 37.6 Å². The van der Waals surface area contributed by atoms with Crippen LogP contribution < -0.4 is 4.90 Å². The van der Waals surface area contributed by atoms with Crippen molar-refractivity contribution in [2.75, 3.05) is 18.5 Å². The lowest BCUT2D eigenvalue weighted by molar-refractivity contribution is -0.113. The number of hydrogen-bond donors (Lipinski definition) is 0. The summed E-state index contributed by atoms with van der Waals surface area (Å²) >= 11 is 0. The number of anilines is 1. The van der Waals surface area contributed by atoms with Crippen molar-refractivity contribution in [2.45, 2.75) is 46.3 Å². The van der Waals surface area contributed by atoms with Gasteiger partial charge in [0.1, 0.15) is 11.4 Å². The van der Waals surface area contributed by atoms with Gasteiger partial charge in [0.25, 0.3) is 5.91 Å². The minimum Gasteiger partial charge on any atom is -0.444 e. The van der Waals surface area contributed by atoms with Gasteiger partial charge in [-0.3, -0.25) is 9.69 Å². The van der Waals surface area contributed by atoms with Crippen LogP contribution in [0.5, 0.6) is 0 Å². The van der Waals surface area contributed by atoms with Crippen molar-refractivity contribution in [3.8, 4) is 0 Å². The number of fused-ring (bicyclic) bond motifs is 1. The van der Waals surface area contributed by atoms with Crippen LogP contribution in [-0.2, 0) is 22.5 Å². The Morgan fingerprint density at radius 2 is 2.08 bits per heavy atom. The highest BCUT2D eigenvalue weighted by molar-refractivity contribution is 6.00. The molecule has 0 aromatic carbocycles. The second-order valence-corrected chi connectivity index (χ2v) is 6.99. The normalized spacial score (nSPS) is 14.0. The molecule has 1 aliphatic rings. The molecule has 0 bridgehead atoms. The van der Waals surface area contributed by atoms with Crippen LogP contribution in [0.2, 0.25) is 0 Å². The van der Waals surface area contributed by atoms with Crippen molar-refractivity contribution in [3.05, 3.63) is 35.5 Å². The second kappa shape index (κ2) is 6.63. The van der Waals surface area contributed by atoms with Gasteiger partial charge in [0.2, 0.25) is 0 Å². The highest BCUT2D eigenvalue weighted by Gasteiger charge is 2.27. The van der Waals surface area contributed by atoms with Gasteiger partial charge in [-0.15, -0.1) is 0 Å². The Labute approximate surface area is 143 Å². The molecule has 24 heavy (non-hydrogen) atoms. The summed E-state index contributed by atoms with van der Waals surface area (Å²) in [6.45, 7) is 12.0. The smallest absolute Gasteiger partial charge is 0.410 e. The molecule has 2 heterocycles. The first kappa shape index (κ1) is 18.0. The number of aromatic nitrogens is 1. The number of carbonyl (C=O) groups is 2. The monoisotopic (exact) mass is 331 g/mol. The zero-order valence-electron chi connectivity index (χ0n) is 15.0. The molecule has 0 spiro atoms. The lowest BCUT2D eigenvalue weighted by Crippen LogP contribution is -2.40. The van der Waals surface area contributed by atoms with Crippen LogP contribution in [0.25, 0.3) is 0 Å². The van der Waals surface area contributed by atoms with Crippen molar-refractivity contribution in [2.24, 2.45) is 0 Å². The molecule has 2 amide bonds. The van der Waals surface area contributed by atoms with E-state index in [0.717, 1.165) is 23.2 Å². The van der Waals surface area contributed by atoms with Gasteiger partial charge in [-0.1, -0.05) is 12.6 Å². The van der Waals surface area contributed by atoms with E-state index in [1.807, 2.05) is 33.8 Å². The van der Waals surface area contributed by atoms with E-state index in [4.69, 9.17) is 4.74 Å². The molecule has 1 aromatic rings. The van der Waals surface area contributed by atoms with Crippen LogP contribution in [-0.4, -0.2) is 41.1 Å². The van der Waals surface area contributed by atoms with Crippen LogP contribution in [0.15, 0.2) is 18.7 Å². The molecule has 1 aliphatic heterocycles. The topological polar surface area (TPSA) is 62.7 Å². The van der Waals surface area contributed by atoms with Crippen molar-refractivity contribution in [1.82, 2.24) is 9.88 Å². The van der Waals surface area contributed by atoms with Crippen molar-refractivity contribution >= 4 is 17.8 Å². The minimum absolute atomic E-state index is 0.217. The average molecular weight is 331 g/mol. The fourth-order valence-corrected chi connectivity index (χ4v) is 2.63. The molecular formula is C18H25N3O3. The zero-order valence-corrected chi connectivity index (χ0v) is 15.0. The van der Waals surface area contributed by atoms with Gasteiger partial charge in [-0.2, -0.15) is 0 Å². The van der Waals surface area contributed by atoms with Gasteiger partial charge < -0.3 is 9.64 Å². The summed E-state index contributed by atoms with van der Waals surface area (Å²) in [7, 11) is 1.67. The fourth-order valence-electron chi connectivity index (χ4n) is 2.63. The molecule has 0 saturated heterocycles. The molecule has 1 aromatic heterocycles. The van der Waals surface area contributed by atoms with Crippen molar-refractivity contribution in [3.63, 3.8) is 0 Å². The maximum absolute atomic E-state index is 12.3. The number of aryl methyl sites for hydroxylation is 1.